The molecule has 20 heavy (non-hydrogen) atoms. The summed E-state index contributed by atoms with van der Waals surface area (Å²) in [5.74, 6) is -0.792. The second-order valence-corrected chi connectivity index (χ2v) is 3.89. The Hall–Kier alpha value is -2.25. The Balaban J connectivity index is 2.38. The lowest BCUT2D eigenvalue weighted by Gasteiger charge is -2.10. The summed E-state index contributed by atoms with van der Waals surface area (Å²) < 4.78 is 40.5. The largest absolute Gasteiger partial charge is 0.484 e. The first kappa shape index (κ1) is 15.8. The van der Waals surface area contributed by atoms with Gasteiger partial charge in [-0.15, -0.1) is 0 Å². The molecule has 1 aromatic carbocycles. The average Bonchev–Trinajstić information content (AvgIpc) is 2.34. The molecule has 1 rings (SSSR count). The summed E-state index contributed by atoms with van der Waals surface area (Å²) in [4.78, 5) is 21.9. The van der Waals surface area contributed by atoms with Crippen molar-refractivity contribution in [1.82, 2.24) is 5.32 Å². The Morgan fingerprint density at radius 1 is 1.20 bits per heavy atom. The van der Waals surface area contributed by atoms with Gasteiger partial charge in [-0.3, -0.25) is 9.59 Å². The van der Waals surface area contributed by atoms with Crippen molar-refractivity contribution in [3.05, 3.63) is 24.3 Å². The Labute approximate surface area is 113 Å². The fraction of sp³-hybridized carbons (Fsp3) is 0.333. The smallest absolute Gasteiger partial charge is 0.405 e. The maximum Gasteiger partial charge on any atom is 0.405 e. The predicted molar refractivity (Wildman–Crippen MR) is 65.3 cm³/mol. The Morgan fingerprint density at radius 3 is 2.30 bits per heavy atom. The van der Waals surface area contributed by atoms with E-state index in [1.54, 1.807) is 17.4 Å². The van der Waals surface area contributed by atoms with Crippen molar-refractivity contribution in [3.8, 4) is 5.75 Å². The van der Waals surface area contributed by atoms with Crippen molar-refractivity contribution in [2.75, 3.05) is 18.5 Å². The van der Waals surface area contributed by atoms with E-state index in [-0.39, 0.29) is 5.91 Å². The molecule has 0 saturated heterocycles. The number of carbonyl (C=O) groups is 2. The lowest BCUT2D eigenvalue weighted by molar-refractivity contribution is -0.139. The quantitative estimate of drug-likeness (QED) is 0.867. The molecule has 0 atom stereocenters. The van der Waals surface area contributed by atoms with Crippen molar-refractivity contribution < 1.29 is 27.5 Å². The lowest BCUT2D eigenvalue weighted by Crippen LogP contribution is -2.36. The van der Waals surface area contributed by atoms with Crippen LogP contribution in [0.15, 0.2) is 24.3 Å². The molecule has 5 nitrogen and oxygen atoms in total. The minimum Gasteiger partial charge on any atom is -0.484 e. The number of amides is 2. The molecule has 0 aliphatic heterocycles. The Kier molecular flexibility index (Phi) is 5.36. The van der Waals surface area contributed by atoms with Crippen molar-refractivity contribution in [1.29, 1.82) is 0 Å². The first-order valence-electron chi connectivity index (χ1n) is 5.60. The zero-order valence-corrected chi connectivity index (χ0v) is 10.6. The van der Waals surface area contributed by atoms with Crippen LogP contribution < -0.4 is 15.4 Å². The van der Waals surface area contributed by atoms with Crippen LogP contribution in [0.3, 0.4) is 0 Å². The second-order valence-electron chi connectivity index (χ2n) is 3.89. The normalized spacial score (nSPS) is 10.8. The molecule has 0 unspecified atom stereocenters. The molecular formula is C12H13F3N2O3. The highest BCUT2D eigenvalue weighted by Crippen LogP contribution is 2.15. The van der Waals surface area contributed by atoms with Gasteiger partial charge in [0.2, 0.25) is 5.91 Å². The van der Waals surface area contributed by atoms with Gasteiger partial charge in [0, 0.05) is 12.6 Å². The van der Waals surface area contributed by atoms with Crippen LogP contribution in [0.1, 0.15) is 6.92 Å². The molecule has 2 amide bonds. The molecule has 2 N–H and O–H groups in total. The van der Waals surface area contributed by atoms with Gasteiger partial charge in [-0.25, -0.2) is 0 Å². The maximum absolute atomic E-state index is 11.8. The van der Waals surface area contributed by atoms with Crippen LogP contribution in [0.25, 0.3) is 0 Å². The van der Waals surface area contributed by atoms with Gasteiger partial charge in [0.25, 0.3) is 5.91 Å². The SMILES string of the molecule is CC(=O)Nc1ccc(OCC(=O)NCC(F)(F)F)cc1. The number of carbonyl (C=O) groups excluding carboxylic acids is 2. The molecule has 110 valence electrons. The molecule has 0 spiro atoms. The zero-order chi connectivity index (χ0) is 15.2. The van der Waals surface area contributed by atoms with Gasteiger partial charge in [0.05, 0.1) is 0 Å². The van der Waals surface area contributed by atoms with Gasteiger partial charge in [-0.2, -0.15) is 13.2 Å². The fourth-order valence-electron chi connectivity index (χ4n) is 1.24. The van der Waals surface area contributed by atoms with Crippen LogP contribution in [0.2, 0.25) is 0 Å². The highest BCUT2D eigenvalue weighted by Gasteiger charge is 2.27. The number of hydrogen-bond acceptors (Lipinski definition) is 3. The molecule has 0 heterocycles. The molecule has 0 fully saturated rings. The molecule has 0 bridgehead atoms. The summed E-state index contributed by atoms with van der Waals surface area (Å²) in [5.41, 5.74) is 0.548. The van der Waals surface area contributed by atoms with Crippen molar-refractivity contribution in [2.45, 2.75) is 13.1 Å². The van der Waals surface area contributed by atoms with Gasteiger partial charge in [0.1, 0.15) is 12.3 Å². The number of nitrogens with one attached hydrogen (secondary N) is 2. The van der Waals surface area contributed by atoms with E-state index < -0.39 is 25.2 Å². The molecule has 0 aromatic heterocycles. The first-order valence-corrected chi connectivity index (χ1v) is 5.60. The molecule has 0 aliphatic rings. The predicted octanol–water partition coefficient (Wildman–Crippen LogP) is 1.70. The molecule has 0 aliphatic carbocycles. The van der Waals surface area contributed by atoms with Crippen LogP contribution >= 0.6 is 0 Å². The van der Waals surface area contributed by atoms with Crippen LogP contribution in [0, 0.1) is 0 Å². The standard InChI is InChI=1S/C12H13F3N2O3/c1-8(18)17-9-2-4-10(5-3-9)20-6-11(19)16-7-12(13,14)15/h2-5H,6-7H2,1H3,(H,16,19)(H,17,18). The van der Waals surface area contributed by atoms with Gasteiger partial charge in [-0.1, -0.05) is 0 Å². The number of anilines is 1. The van der Waals surface area contributed by atoms with Crippen molar-refractivity contribution >= 4 is 17.5 Å². The summed E-state index contributed by atoms with van der Waals surface area (Å²) in [6.07, 6.45) is -4.45. The van der Waals surface area contributed by atoms with Crippen LogP contribution in [0.4, 0.5) is 18.9 Å². The van der Waals surface area contributed by atoms with E-state index in [9.17, 15) is 22.8 Å². The van der Waals surface area contributed by atoms with Gasteiger partial charge in [-0.05, 0) is 24.3 Å². The van der Waals surface area contributed by atoms with Gasteiger partial charge < -0.3 is 15.4 Å². The van der Waals surface area contributed by atoms with Crippen LogP contribution in [-0.4, -0.2) is 31.1 Å². The van der Waals surface area contributed by atoms with E-state index >= 15 is 0 Å². The van der Waals surface area contributed by atoms with Gasteiger partial charge in [0.15, 0.2) is 6.61 Å². The van der Waals surface area contributed by atoms with Crippen molar-refractivity contribution in [3.63, 3.8) is 0 Å². The third-order valence-corrected chi connectivity index (χ3v) is 2.03. The van der Waals surface area contributed by atoms with E-state index in [1.807, 2.05) is 0 Å². The monoisotopic (exact) mass is 290 g/mol. The summed E-state index contributed by atoms with van der Waals surface area (Å²) in [6.45, 7) is -0.554. The van der Waals surface area contributed by atoms with E-state index in [0.29, 0.717) is 11.4 Å². The molecule has 0 radical (unpaired) electrons. The summed E-state index contributed by atoms with van der Waals surface area (Å²) in [5, 5.41) is 4.22. The van der Waals surface area contributed by atoms with Crippen LogP contribution in [-0.2, 0) is 9.59 Å². The Bertz CT molecular complexity index is 472. The molecule has 0 saturated carbocycles. The number of ether oxygens (including phenoxy) is 1. The van der Waals surface area contributed by atoms with E-state index in [1.165, 1.54) is 19.1 Å². The zero-order valence-electron chi connectivity index (χ0n) is 10.6. The number of hydrogen-bond donors (Lipinski definition) is 2. The Morgan fingerprint density at radius 2 is 1.80 bits per heavy atom. The second kappa shape index (κ2) is 6.78. The maximum atomic E-state index is 11.8. The fourth-order valence-corrected chi connectivity index (χ4v) is 1.24. The third kappa shape index (κ3) is 6.62. The highest BCUT2D eigenvalue weighted by molar-refractivity contribution is 5.88. The minimum atomic E-state index is -4.45. The lowest BCUT2D eigenvalue weighted by atomic mass is 10.3. The summed E-state index contributed by atoms with van der Waals surface area (Å²) >= 11 is 0. The molecule has 1 aromatic rings. The highest BCUT2D eigenvalue weighted by atomic mass is 19.4. The van der Waals surface area contributed by atoms with Crippen molar-refractivity contribution in [2.24, 2.45) is 0 Å². The third-order valence-electron chi connectivity index (χ3n) is 2.03. The van der Waals surface area contributed by atoms with E-state index in [0.717, 1.165) is 0 Å². The number of halogens is 3. The first-order chi connectivity index (χ1) is 9.26. The van der Waals surface area contributed by atoms with Crippen LogP contribution in [0.5, 0.6) is 5.75 Å². The number of rotatable bonds is 5. The summed E-state index contributed by atoms with van der Waals surface area (Å²) in [6, 6.07) is 6.07. The molecular weight excluding hydrogens is 277 g/mol. The minimum absolute atomic E-state index is 0.231. The average molecular weight is 290 g/mol. The molecule has 8 heteroatoms. The number of benzene rings is 1. The van der Waals surface area contributed by atoms with E-state index in [4.69, 9.17) is 4.74 Å². The van der Waals surface area contributed by atoms with Gasteiger partial charge >= 0.3 is 6.18 Å². The van der Waals surface area contributed by atoms with E-state index in [2.05, 4.69) is 5.32 Å². The number of alkyl halides is 3. The summed E-state index contributed by atoms with van der Waals surface area (Å²) in [7, 11) is 0. The topological polar surface area (TPSA) is 67.4 Å².